The molecule has 6 nitrogen and oxygen atoms in total. The Labute approximate surface area is 179 Å². The lowest BCUT2D eigenvalue weighted by Gasteiger charge is -2.28. The van der Waals surface area contributed by atoms with Gasteiger partial charge in [0, 0.05) is 17.6 Å². The third-order valence-corrected chi connectivity index (χ3v) is 4.66. The Morgan fingerprint density at radius 3 is 2.43 bits per heavy atom. The molecule has 0 radical (unpaired) electrons. The van der Waals surface area contributed by atoms with Gasteiger partial charge in [0.1, 0.15) is 5.75 Å². The van der Waals surface area contributed by atoms with Crippen LogP contribution < -0.4 is 15.2 Å². The summed E-state index contributed by atoms with van der Waals surface area (Å²) in [6, 6.07) is 13.2. The first-order valence-corrected chi connectivity index (χ1v) is 10.0. The molecular weight excluding hydrogens is 378 g/mol. The second kappa shape index (κ2) is 10.1. The van der Waals surface area contributed by atoms with E-state index in [-0.39, 0.29) is 5.41 Å². The number of nitrogens with zero attached hydrogens (tertiary/aromatic N) is 2. The van der Waals surface area contributed by atoms with Crippen LogP contribution in [-0.4, -0.2) is 38.1 Å². The molecule has 0 aromatic heterocycles. The summed E-state index contributed by atoms with van der Waals surface area (Å²) in [6.45, 7) is 7.66. The zero-order valence-corrected chi connectivity index (χ0v) is 18.4. The minimum absolute atomic E-state index is 0.0552. The summed E-state index contributed by atoms with van der Waals surface area (Å²) in [7, 11) is 4.05. The number of carboxylic acids is 1. The van der Waals surface area contributed by atoms with Crippen molar-refractivity contribution in [3.63, 3.8) is 0 Å². The van der Waals surface area contributed by atoms with Crippen LogP contribution >= 0.6 is 0 Å². The minimum Gasteiger partial charge on any atom is -0.548 e. The third-order valence-electron chi connectivity index (χ3n) is 4.66. The smallest absolute Gasteiger partial charge is 0.119 e. The largest absolute Gasteiger partial charge is 0.548 e. The van der Waals surface area contributed by atoms with E-state index in [0.29, 0.717) is 29.2 Å². The van der Waals surface area contributed by atoms with Gasteiger partial charge in [-0.3, -0.25) is 0 Å². The van der Waals surface area contributed by atoms with Gasteiger partial charge < -0.3 is 24.9 Å². The van der Waals surface area contributed by atoms with Crippen molar-refractivity contribution < 1.29 is 14.6 Å². The van der Waals surface area contributed by atoms with Gasteiger partial charge in [0.05, 0.1) is 30.3 Å². The highest BCUT2D eigenvalue weighted by Gasteiger charge is 2.21. The number of anilines is 1. The lowest BCUT2D eigenvalue weighted by atomic mass is 9.94. The minimum atomic E-state index is -1.23. The van der Waals surface area contributed by atoms with E-state index < -0.39 is 12.0 Å². The fraction of sp³-hybridized carbons (Fsp3) is 0.417. The quantitative estimate of drug-likeness (QED) is 0.650. The molecule has 0 saturated heterocycles. The highest BCUT2D eigenvalue weighted by Crippen LogP contribution is 2.27. The highest BCUT2D eigenvalue weighted by atomic mass is 16.5. The van der Waals surface area contributed by atoms with Gasteiger partial charge in [0.2, 0.25) is 0 Å². The van der Waals surface area contributed by atoms with Crippen LogP contribution in [0.4, 0.5) is 5.69 Å². The molecule has 0 spiro atoms. The molecule has 1 atom stereocenters. The number of nitrogens with one attached hydrogen (secondary N) is 1. The fourth-order valence-corrected chi connectivity index (χ4v) is 3.41. The molecule has 0 aliphatic rings. The Morgan fingerprint density at radius 1 is 1.23 bits per heavy atom. The van der Waals surface area contributed by atoms with Crippen LogP contribution in [0.1, 0.15) is 43.5 Å². The van der Waals surface area contributed by atoms with Crippen LogP contribution in [0, 0.1) is 16.7 Å². The maximum atomic E-state index is 11.9. The van der Waals surface area contributed by atoms with Crippen LogP contribution in [0.15, 0.2) is 42.5 Å². The van der Waals surface area contributed by atoms with E-state index in [1.165, 1.54) is 0 Å². The van der Waals surface area contributed by atoms with Gasteiger partial charge in [-0.05, 0) is 68.0 Å². The van der Waals surface area contributed by atoms with E-state index in [0.717, 1.165) is 18.5 Å². The Bertz CT molecular complexity index is 899. The van der Waals surface area contributed by atoms with Gasteiger partial charge in [-0.15, -0.1) is 0 Å². The van der Waals surface area contributed by atoms with Crippen molar-refractivity contribution in [1.29, 1.82) is 5.26 Å². The van der Waals surface area contributed by atoms with Crippen LogP contribution in [-0.2, 0) is 11.2 Å². The lowest BCUT2D eigenvalue weighted by molar-refractivity contribution is -0.307. The van der Waals surface area contributed by atoms with Gasteiger partial charge in [-0.1, -0.05) is 26.8 Å². The van der Waals surface area contributed by atoms with Gasteiger partial charge in [0.15, 0.2) is 0 Å². The van der Waals surface area contributed by atoms with Crippen molar-refractivity contribution >= 4 is 11.7 Å². The number of hydrogen-bond acceptors (Lipinski definition) is 6. The number of ether oxygens (including phenoxy) is 1. The topological polar surface area (TPSA) is 88.4 Å². The SMILES string of the molecule is CCc1cc(OCC(C)(C)CN(C)C)cc(C(Nc2ccc(C#N)cc2)C(=O)[O-])c1. The third kappa shape index (κ3) is 6.78. The predicted molar refractivity (Wildman–Crippen MR) is 116 cm³/mol. The molecule has 0 bridgehead atoms. The molecule has 0 amide bonds. The monoisotopic (exact) mass is 408 g/mol. The maximum absolute atomic E-state index is 11.9. The zero-order chi connectivity index (χ0) is 22.3. The number of hydrogen-bond donors (Lipinski definition) is 1. The Morgan fingerprint density at radius 2 is 1.90 bits per heavy atom. The van der Waals surface area contributed by atoms with Crippen LogP contribution in [0.3, 0.4) is 0 Å². The Kier molecular flexibility index (Phi) is 7.85. The Hall–Kier alpha value is -3.04. The molecule has 0 fully saturated rings. The molecule has 2 aromatic rings. The van der Waals surface area contributed by atoms with E-state index in [4.69, 9.17) is 10.00 Å². The second-order valence-electron chi connectivity index (χ2n) is 8.54. The number of carbonyl (C=O) groups excluding carboxylic acids is 1. The molecule has 1 N–H and O–H groups in total. The van der Waals surface area contributed by atoms with Gasteiger partial charge in [-0.25, -0.2) is 0 Å². The molecular formula is C24H30N3O3-. The van der Waals surface area contributed by atoms with Gasteiger partial charge >= 0.3 is 0 Å². The highest BCUT2D eigenvalue weighted by molar-refractivity contribution is 5.78. The molecule has 30 heavy (non-hydrogen) atoms. The van der Waals surface area contributed by atoms with Crippen molar-refractivity contribution in [2.45, 2.75) is 33.2 Å². The van der Waals surface area contributed by atoms with Crippen molar-refractivity contribution in [1.82, 2.24) is 4.90 Å². The molecule has 6 heteroatoms. The van der Waals surface area contributed by atoms with Crippen LogP contribution in [0.25, 0.3) is 0 Å². The molecule has 1 unspecified atom stereocenters. The molecule has 0 heterocycles. The average molecular weight is 409 g/mol. The van der Waals surface area contributed by atoms with Crippen molar-refractivity contribution in [2.24, 2.45) is 5.41 Å². The Balaban J connectivity index is 2.27. The molecule has 2 rings (SSSR count). The van der Waals surface area contributed by atoms with E-state index in [1.54, 1.807) is 30.3 Å². The normalized spacial score (nSPS) is 12.3. The first-order valence-electron chi connectivity index (χ1n) is 10.0. The number of nitriles is 1. The van der Waals surface area contributed by atoms with Gasteiger partial charge in [0.25, 0.3) is 0 Å². The second-order valence-corrected chi connectivity index (χ2v) is 8.54. The predicted octanol–water partition coefficient (Wildman–Crippen LogP) is 2.99. The number of rotatable bonds is 10. The average Bonchev–Trinajstić information content (AvgIpc) is 2.69. The molecule has 160 valence electrons. The summed E-state index contributed by atoms with van der Waals surface area (Å²) in [5.74, 6) is -0.587. The van der Waals surface area contributed by atoms with Gasteiger partial charge in [-0.2, -0.15) is 5.26 Å². The summed E-state index contributed by atoms with van der Waals surface area (Å²) in [5.41, 5.74) is 2.61. The van der Waals surface area contributed by atoms with E-state index in [2.05, 4.69) is 24.1 Å². The molecule has 0 aliphatic heterocycles. The summed E-state index contributed by atoms with van der Waals surface area (Å²) in [6.07, 6.45) is 0.752. The fourth-order valence-electron chi connectivity index (χ4n) is 3.41. The molecule has 0 aliphatic carbocycles. The first kappa shape index (κ1) is 23.2. The van der Waals surface area contributed by atoms with E-state index >= 15 is 0 Å². The number of aryl methyl sites for hydroxylation is 1. The molecule has 2 aromatic carbocycles. The van der Waals surface area contributed by atoms with Crippen molar-refractivity contribution in [3.8, 4) is 11.8 Å². The zero-order valence-electron chi connectivity index (χ0n) is 18.4. The lowest BCUT2D eigenvalue weighted by Crippen LogP contribution is -2.34. The summed E-state index contributed by atoms with van der Waals surface area (Å²) in [5, 5.41) is 23.8. The maximum Gasteiger partial charge on any atom is 0.119 e. The van der Waals surface area contributed by atoms with Crippen LogP contribution in [0.5, 0.6) is 5.75 Å². The summed E-state index contributed by atoms with van der Waals surface area (Å²) in [4.78, 5) is 14.0. The standard InChI is InChI=1S/C24H31N3O3/c1-6-17-11-19(13-21(12-17)30-16-24(2,3)15-27(4)5)22(23(28)29)26-20-9-7-18(14-25)8-10-20/h7-13,22,26H,6,15-16H2,1-5H3,(H,28,29)/p-1. The summed E-state index contributed by atoms with van der Waals surface area (Å²) < 4.78 is 6.06. The van der Waals surface area contributed by atoms with Crippen molar-refractivity contribution in [2.75, 3.05) is 32.6 Å². The number of benzene rings is 2. The van der Waals surface area contributed by atoms with E-state index in [9.17, 15) is 9.90 Å². The van der Waals surface area contributed by atoms with Crippen LogP contribution in [0.2, 0.25) is 0 Å². The summed E-state index contributed by atoms with van der Waals surface area (Å²) >= 11 is 0. The van der Waals surface area contributed by atoms with Crippen molar-refractivity contribution in [3.05, 3.63) is 59.2 Å². The molecule has 0 saturated carbocycles. The number of carboxylic acid groups (broad SMARTS) is 1. The van der Waals surface area contributed by atoms with E-state index in [1.807, 2.05) is 39.2 Å². The first-order chi connectivity index (χ1) is 14.1. The number of carbonyl (C=O) groups is 1. The number of aliphatic carboxylic acids is 1.